The third-order valence-electron chi connectivity index (χ3n) is 2.93. The third-order valence-corrected chi connectivity index (χ3v) is 4.78. The molecule has 0 fully saturated rings. The zero-order chi connectivity index (χ0) is 14.0. The van der Waals surface area contributed by atoms with Crippen molar-refractivity contribution in [2.24, 2.45) is 0 Å². The monoisotopic (exact) mass is 279 g/mol. The van der Waals surface area contributed by atoms with Gasteiger partial charge in [0.15, 0.2) is 0 Å². The minimum Gasteiger partial charge on any atom is -0.384 e. The molecule has 1 aromatic heterocycles. The predicted octanol–water partition coefficient (Wildman–Crippen LogP) is 1.85. The molecule has 0 saturated heterocycles. The van der Waals surface area contributed by atoms with Crippen LogP contribution in [0.4, 0.5) is 5.82 Å². The second-order valence-electron chi connectivity index (χ2n) is 4.42. The lowest BCUT2D eigenvalue weighted by Crippen LogP contribution is -2.27. The maximum Gasteiger partial charge on any atom is 0.242 e. The summed E-state index contributed by atoms with van der Waals surface area (Å²) >= 11 is 0. The number of nitrogen functional groups attached to an aromatic ring is 1. The minimum absolute atomic E-state index is 0.280. The van der Waals surface area contributed by atoms with E-state index in [9.17, 15) is 8.42 Å². The summed E-state index contributed by atoms with van der Waals surface area (Å²) in [4.78, 5) is 4.43. The van der Waals surface area contributed by atoms with E-state index in [0.29, 0.717) is 17.9 Å². The van der Waals surface area contributed by atoms with Gasteiger partial charge >= 0.3 is 0 Å². The normalized spacial score (nSPS) is 12.2. The van der Waals surface area contributed by atoms with Gasteiger partial charge in [0, 0.05) is 19.0 Å². The Bertz CT molecular complexity index is 698. The number of nitrogens with two attached hydrogens (primary N) is 1. The zero-order valence-electron chi connectivity index (χ0n) is 11.0. The topological polar surface area (TPSA) is 76.3 Å². The average Bonchev–Trinajstić information content (AvgIpc) is 2.38. The van der Waals surface area contributed by atoms with Crippen LogP contribution in [0.15, 0.2) is 35.2 Å². The van der Waals surface area contributed by atoms with Gasteiger partial charge in [-0.1, -0.05) is 6.92 Å². The number of hydrogen-bond donors (Lipinski definition) is 1. The first-order valence-corrected chi connectivity index (χ1v) is 7.52. The maximum atomic E-state index is 12.3. The van der Waals surface area contributed by atoms with E-state index in [0.717, 1.165) is 11.8 Å². The number of pyridine rings is 1. The van der Waals surface area contributed by atoms with Gasteiger partial charge in [0.2, 0.25) is 10.0 Å². The molecule has 102 valence electrons. The summed E-state index contributed by atoms with van der Waals surface area (Å²) in [5.74, 6) is 0.422. The van der Waals surface area contributed by atoms with Crippen LogP contribution in [0.1, 0.15) is 13.3 Å². The number of benzene rings is 1. The molecule has 2 N–H and O–H groups in total. The lowest BCUT2D eigenvalue weighted by molar-refractivity contribution is 0.468. The Balaban J connectivity index is 2.49. The van der Waals surface area contributed by atoms with Gasteiger partial charge in [-0.25, -0.2) is 17.7 Å². The summed E-state index contributed by atoms with van der Waals surface area (Å²) in [6, 6.07) is 8.31. The van der Waals surface area contributed by atoms with E-state index in [1.54, 1.807) is 37.4 Å². The first-order valence-electron chi connectivity index (χ1n) is 6.08. The number of fused-ring (bicyclic) bond motifs is 1. The number of anilines is 1. The Morgan fingerprint density at radius 1 is 1.26 bits per heavy atom. The summed E-state index contributed by atoms with van der Waals surface area (Å²) in [5.41, 5.74) is 6.29. The molecule has 0 unspecified atom stereocenters. The van der Waals surface area contributed by atoms with E-state index >= 15 is 0 Å². The molecule has 2 rings (SSSR count). The SMILES string of the molecule is CCCN(C)S(=O)(=O)c1ccc2nc(N)ccc2c1. The lowest BCUT2D eigenvalue weighted by Gasteiger charge is -2.16. The van der Waals surface area contributed by atoms with Crippen LogP contribution < -0.4 is 5.73 Å². The third kappa shape index (κ3) is 2.69. The molecule has 19 heavy (non-hydrogen) atoms. The molecule has 0 radical (unpaired) electrons. The molecule has 0 bridgehead atoms. The van der Waals surface area contributed by atoms with E-state index < -0.39 is 10.0 Å². The largest absolute Gasteiger partial charge is 0.384 e. The molecular weight excluding hydrogens is 262 g/mol. The highest BCUT2D eigenvalue weighted by Gasteiger charge is 2.20. The van der Waals surface area contributed by atoms with Crippen molar-refractivity contribution in [3.8, 4) is 0 Å². The van der Waals surface area contributed by atoms with Gasteiger partial charge in [-0.05, 0) is 36.8 Å². The fraction of sp³-hybridized carbons (Fsp3) is 0.308. The predicted molar refractivity (Wildman–Crippen MR) is 76.3 cm³/mol. The van der Waals surface area contributed by atoms with Crippen LogP contribution in [0, 0.1) is 0 Å². The molecule has 0 aliphatic rings. The Labute approximate surface area is 113 Å². The van der Waals surface area contributed by atoms with Gasteiger partial charge in [-0.15, -0.1) is 0 Å². The first kappa shape index (κ1) is 13.8. The van der Waals surface area contributed by atoms with E-state index in [1.807, 2.05) is 6.92 Å². The minimum atomic E-state index is -3.43. The second kappa shape index (κ2) is 5.14. The Hall–Kier alpha value is -1.66. The smallest absolute Gasteiger partial charge is 0.242 e. The summed E-state index contributed by atoms with van der Waals surface area (Å²) in [7, 11) is -1.84. The van der Waals surface area contributed by atoms with Crippen LogP contribution in [-0.2, 0) is 10.0 Å². The molecular formula is C13H17N3O2S. The van der Waals surface area contributed by atoms with Crippen molar-refractivity contribution < 1.29 is 8.42 Å². The number of hydrogen-bond acceptors (Lipinski definition) is 4. The maximum absolute atomic E-state index is 12.3. The van der Waals surface area contributed by atoms with Crippen molar-refractivity contribution >= 4 is 26.7 Å². The Morgan fingerprint density at radius 2 is 2.00 bits per heavy atom. The van der Waals surface area contributed by atoms with Gasteiger partial charge in [0.25, 0.3) is 0 Å². The fourth-order valence-electron chi connectivity index (χ4n) is 1.89. The molecule has 6 heteroatoms. The average molecular weight is 279 g/mol. The lowest BCUT2D eigenvalue weighted by atomic mass is 10.2. The molecule has 0 aliphatic heterocycles. The Kier molecular flexibility index (Phi) is 3.73. The van der Waals surface area contributed by atoms with Crippen molar-refractivity contribution in [2.75, 3.05) is 19.3 Å². The van der Waals surface area contributed by atoms with Crippen molar-refractivity contribution in [1.82, 2.24) is 9.29 Å². The number of nitrogens with zero attached hydrogens (tertiary/aromatic N) is 2. The number of sulfonamides is 1. The van der Waals surface area contributed by atoms with Gasteiger partial charge in [-0.3, -0.25) is 0 Å². The van der Waals surface area contributed by atoms with Crippen LogP contribution in [0.25, 0.3) is 10.9 Å². The first-order chi connectivity index (χ1) is 8.95. The summed E-state index contributed by atoms with van der Waals surface area (Å²) in [5, 5.41) is 0.764. The fourth-order valence-corrected chi connectivity index (χ4v) is 3.19. The summed E-state index contributed by atoms with van der Waals surface area (Å²) in [6.45, 7) is 2.44. The van der Waals surface area contributed by atoms with Crippen LogP contribution in [0.2, 0.25) is 0 Å². The molecule has 2 aromatic rings. The van der Waals surface area contributed by atoms with E-state index in [1.165, 1.54) is 4.31 Å². The van der Waals surface area contributed by atoms with Crippen LogP contribution in [0.3, 0.4) is 0 Å². The van der Waals surface area contributed by atoms with Gasteiger partial charge < -0.3 is 5.73 Å². The highest BCUT2D eigenvalue weighted by Crippen LogP contribution is 2.21. The molecule has 0 amide bonds. The molecule has 5 nitrogen and oxygen atoms in total. The van der Waals surface area contributed by atoms with Crippen molar-refractivity contribution in [2.45, 2.75) is 18.2 Å². The highest BCUT2D eigenvalue weighted by molar-refractivity contribution is 7.89. The van der Waals surface area contributed by atoms with E-state index in [4.69, 9.17) is 5.73 Å². The van der Waals surface area contributed by atoms with Gasteiger partial charge in [0.05, 0.1) is 10.4 Å². The van der Waals surface area contributed by atoms with Crippen LogP contribution in [0.5, 0.6) is 0 Å². The highest BCUT2D eigenvalue weighted by atomic mass is 32.2. The van der Waals surface area contributed by atoms with Crippen molar-refractivity contribution in [3.63, 3.8) is 0 Å². The molecule has 0 spiro atoms. The molecule has 1 aromatic carbocycles. The van der Waals surface area contributed by atoms with Crippen molar-refractivity contribution in [3.05, 3.63) is 30.3 Å². The molecule has 1 heterocycles. The second-order valence-corrected chi connectivity index (χ2v) is 6.46. The number of rotatable bonds is 4. The van der Waals surface area contributed by atoms with Crippen LogP contribution >= 0.6 is 0 Å². The molecule has 0 atom stereocenters. The summed E-state index contributed by atoms with van der Waals surface area (Å²) in [6.07, 6.45) is 0.779. The van der Waals surface area contributed by atoms with E-state index in [2.05, 4.69) is 4.98 Å². The summed E-state index contributed by atoms with van der Waals surface area (Å²) < 4.78 is 26.0. The zero-order valence-corrected chi connectivity index (χ0v) is 11.8. The quantitative estimate of drug-likeness (QED) is 0.926. The Morgan fingerprint density at radius 3 is 2.68 bits per heavy atom. The van der Waals surface area contributed by atoms with Gasteiger partial charge in [-0.2, -0.15) is 0 Å². The van der Waals surface area contributed by atoms with Crippen LogP contribution in [-0.4, -0.2) is 31.3 Å². The molecule has 0 saturated carbocycles. The van der Waals surface area contributed by atoms with Gasteiger partial charge in [0.1, 0.15) is 5.82 Å². The number of aromatic nitrogens is 1. The standard InChI is InChI=1S/C13H17N3O2S/c1-3-8-16(2)19(17,18)11-5-6-12-10(9-11)4-7-13(14)15-12/h4-7,9H,3,8H2,1-2H3,(H2,14,15). The molecule has 0 aliphatic carbocycles. The van der Waals surface area contributed by atoms with Crippen molar-refractivity contribution in [1.29, 1.82) is 0 Å². The van der Waals surface area contributed by atoms with E-state index in [-0.39, 0.29) is 4.90 Å².